The van der Waals surface area contributed by atoms with Crippen LogP contribution in [0.3, 0.4) is 0 Å². The Bertz CT molecular complexity index is 468. The summed E-state index contributed by atoms with van der Waals surface area (Å²) in [4.78, 5) is 11.6. The maximum absolute atomic E-state index is 11.6. The van der Waals surface area contributed by atoms with Crippen LogP contribution in [0.25, 0.3) is 0 Å². The molecule has 0 aromatic heterocycles. The first kappa shape index (κ1) is 13.5. The van der Waals surface area contributed by atoms with Crippen LogP contribution in [-0.2, 0) is 9.47 Å². The molecule has 1 aliphatic rings. The highest BCUT2D eigenvalue weighted by molar-refractivity contribution is 5.96. The third-order valence-corrected chi connectivity index (χ3v) is 2.92. The van der Waals surface area contributed by atoms with Gasteiger partial charge in [0.2, 0.25) is 0 Å². The van der Waals surface area contributed by atoms with E-state index in [1.165, 1.54) is 14.2 Å². The molecule has 0 aliphatic carbocycles. The molecular weight excluding hydrogens is 250 g/mol. The fourth-order valence-electron chi connectivity index (χ4n) is 1.90. The molecule has 1 heterocycles. The molecule has 0 unspecified atom stereocenters. The van der Waals surface area contributed by atoms with Gasteiger partial charge in [0, 0.05) is 18.6 Å². The second-order valence-electron chi connectivity index (χ2n) is 4.19. The van der Waals surface area contributed by atoms with E-state index < -0.39 is 5.97 Å². The van der Waals surface area contributed by atoms with Crippen LogP contribution in [0, 0.1) is 0 Å². The number of nitrogens with two attached hydrogens (primary N) is 1. The van der Waals surface area contributed by atoms with Crippen molar-refractivity contribution in [1.82, 2.24) is 0 Å². The molecule has 104 valence electrons. The molecule has 6 nitrogen and oxygen atoms in total. The molecule has 6 heteroatoms. The van der Waals surface area contributed by atoms with Crippen molar-refractivity contribution in [1.29, 1.82) is 0 Å². The van der Waals surface area contributed by atoms with Crippen molar-refractivity contribution in [3.05, 3.63) is 17.7 Å². The standard InChI is InChI=1S/C13H17NO5/c1-16-11-6-10(14)9(13(15)17-2)5-12(11)19-8-3-4-18-7-8/h5-6,8H,3-4,7,14H2,1-2H3/t8-/m0/s1. The van der Waals surface area contributed by atoms with Gasteiger partial charge in [-0.2, -0.15) is 0 Å². The molecule has 0 radical (unpaired) electrons. The van der Waals surface area contributed by atoms with E-state index >= 15 is 0 Å². The zero-order valence-corrected chi connectivity index (χ0v) is 11.0. The summed E-state index contributed by atoms with van der Waals surface area (Å²) in [7, 11) is 2.82. The van der Waals surface area contributed by atoms with Gasteiger partial charge < -0.3 is 24.7 Å². The first-order valence-corrected chi connectivity index (χ1v) is 5.96. The van der Waals surface area contributed by atoms with E-state index in [4.69, 9.17) is 19.9 Å². The summed E-state index contributed by atoms with van der Waals surface area (Å²) in [5.74, 6) is 0.442. The molecule has 1 atom stereocenters. The highest BCUT2D eigenvalue weighted by atomic mass is 16.6. The molecule has 0 spiro atoms. The molecule has 0 saturated carbocycles. The Balaban J connectivity index is 2.30. The number of benzene rings is 1. The van der Waals surface area contributed by atoms with Gasteiger partial charge in [-0.15, -0.1) is 0 Å². The van der Waals surface area contributed by atoms with Crippen molar-refractivity contribution >= 4 is 11.7 Å². The van der Waals surface area contributed by atoms with E-state index in [0.717, 1.165) is 6.42 Å². The smallest absolute Gasteiger partial charge is 0.340 e. The van der Waals surface area contributed by atoms with Crippen molar-refractivity contribution < 1.29 is 23.7 Å². The Morgan fingerprint density at radius 2 is 2.16 bits per heavy atom. The lowest BCUT2D eigenvalue weighted by Crippen LogP contribution is -2.17. The Labute approximate surface area is 111 Å². The van der Waals surface area contributed by atoms with Crippen LogP contribution in [0.5, 0.6) is 11.5 Å². The summed E-state index contributed by atoms with van der Waals surface area (Å²) in [6, 6.07) is 3.09. The summed E-state index contributed by atoms with van der Waals surface area (Å²) in [5, 5.41) is 0. The lowest BCUT2D eigenvalue weighted by atomic mass is 10.1. The van der Waals surface area contributed by atoms with Crippen LogP contribution in [0.4, 0.5) is 5.69 Å². The predicted molar refractivity (Wildman–Crippen MR) is 68.6 cm³/mol. The van der Waals surface area contributed by atoms with Crippen molar-refractivity contribution in [2.75, 3.05) is 33.2 Å². The minimum atomic E-state index is -0.507. The number of hydrogen-bond acceptors (Lipinski definition) is 6. The summed E-state index contributed by atoms with van der Waals surface area (Å²) in [6.45, 7) is 1.20. The normalized spacial score (nSPS) is 18.1. The Hall–Kier alpha value is -1.95. The summed E-state index contributed by atoms with van der Waals surface area (Å²) in [5.41, 5.74) is 6.34. The second kappa shape index (κ2) is 5.79. The van der Waals surface area contributed by atoms with Gasteiger partial charge in [-0.3, -0.25) is 0 Å². The largest absolute Gasteiger partial charge is 0.493 e. The fourth-order valence-corrected chi connectivity index (χ4v) is 1.90. The molecule has 19 heavy (non-hydrogen) atoms. The van der Waals surface area contributed by atoms with Crippen LogP contribution in [0.2, 0.25) is 0 Å². The average molecular weight is 267 g/mol. The fraction of sp³-hybridized carbons (Fsp3) is 0.462. The second-order valence-corrected chi connectivity index (χ2v) is 4.19. The van der Waals surface area contributed by atoms with Gasteiger partial charge in [0.05, 0.1) is 38.7 Å². The lowest BCUT2D eigenvalue weighted by Gasteiger charge is -2.16. The average Bonchev–Trinajstić information content (AvgIpc) is 2.92. The van der Waals surface area contributed by atoms with Crippen molar-refractivity contribution in [2.45, 2.75) is 12.5 Å². The highest BCUT2D eigenvalue weighted by Crippen LogP contribution is 2.34. The van der Waals surface area contributed by atoms with Gasteiger partial charge in [0.15, 0.2) is 11.5 Å². The van der Waals surface area contributed by atoms with Crippen LogP contribution in [-0.4, -0.2) is 39.5 Å². The van der Waals surface area contributed by atoms with Crippen molar-refractivity contribution in [3.63, 3.8) is 0 Å². The molecular formula is C13H17NO5. The van der Waals surface area contributed by atoms with Gasteiger partial charge >= 0.3 is 5.97 Å². The molecule has 0 bridgehead atoms. The highest BCUT2D eigenvalue weighted by Gasteiger charge is 2.21. The van der Waals surface area contributed by atoms with Gasteiger partial charge in [-0.05, 0) is 0 Å². The zero-order valence-electron chi connectivity index (χ0n) is 11.0. The first-order valence-electron chi connectivity index (χ1n) is 5.96. The van der Waals surface area contributed by atoms with Crippen LogP contribution < -0.4 is 15.2 Å². The number of ether oxygens (including phenoxy) is 4. The molecule has 1 fully saturated rings. The minimum Gasteiger partial charge on any atom is -0.493 e. The molecule has 2 N–H and O–H groups in total. The monoisotopic (exact) mass is 267 g/mol. The lowest BCUT2D eigenvalue weighted by molar-refractivity contribution is 0.0601. The topological polar surface area (TPSA) is 80.0 Å². The Morgan fingerprint density at radius 3 is 2.74 bits per heavy atom. The number of carbonyl (C=O) groups excluding carboxylic acids is 1. The summed E-state index contributed by atoms with van der Waals surface area (Å²) >= 11 is 0. The maximum atomic E-state index is 11.6. The van der Waals surface area contributed by atoms with E-state index in [-0.39, 0.29) is 11.7 Å². The zero-order chi connectivity index (χ0) is 13.8. The number of methoxy groups -OCH3 is 2. The summed E-state index contributed by atoms with van der Waals surface area (Å²) in [6.07, 6.45) is 0.768. The molecule has 0 amide bonds. The SMILES string of the molecule is COC(=O)c1cc(O[C@H]2CCOC2)c(OC)cc1N. The van der Waals surface area contributed by atoms with Gasteiger partial charge in [0.1, 0.15) is 6.10 Å². The summed E-state index contributed by atoms with van der Waals surface area (Å²) < 4.78 is 20.9. The number of hydrogen-bond donors (Lipinski definition) is 1. The van der Waals surface area contributed by atoms with Gasteiger partial charge in [-0.25, -0.2) is 4.79 Å². The molecule has 1 aliphatic heterocycles. The number of rotatable bonds is 4. The van der Waals surface area contributed by atoms with E-state index in [0.29, 0.717) is 30.4 Å². The van der Waals surface area contributed by atoms with Crippen molar-refractivity contribution in [3.8, 4) is 11.5 Å². The molecule has 1 saturated heterocycles. The maximum Gasteiger partial charge on any atom is 0.340 e. The number of nitrogen functional groups attached to an aromatic ring is 1. The molecule has 1 aromatic carbocycles. The molecule has 2 rings (SSSR count). The van der Waals surface area contributed by atoms with Gasteiger partial charge in [0.25, 0.3) is 0 Å². The third-order valence-electron chi connectivity index (χ3n) is 2.92. The quantitative estimate of drug-likeness (QED) is 0.653. The Morgan fingerprint density at radius 1 is 1.37 bits per heavy atom. The first-order chi connectivity index (χ1) is 9.15. The van der Waals surface area contributed by atoms with E-state index in [2.05, 4.69) is 4.74 Å². The van der Waals surface area contributed by atoms with Crippen LogP contribution in [0.1, 0.15) is 16.8 Å². The number of anilines is 1. The van der Waals surface area contributed by atoms with Crippen molar-refractivity contribution in [2.24, 2.45) is 0 Å². The van der Waals surface area contributed by atoms with Gasteiger partial charge in [-0.1, -0.05) is 0 Å². The Kier molecular flexibility index (Phi) is 4.11. The third kappa shape index (κ3) is 2.90. The van der Waals surface area contributed by atoms with Crippen LogP contribution >= 0.6 is 0 Å². The molecule has 1 aromatic rings. The minimum absolute atomic E-state index is 0.0389. The van der Waals surface area contributed by atoms with E-state index in [1.807, 2.05) is 0 Å². The number of esters is 1. The van der Waals surface area contributed by atoms with E-state index in [9.17, 15) is 4.79 Å². The predicted octanol–water partition coefficient (Wildman–Crippen LogP) is 1.23. The van der Waals surface area contributed by atoms with E-state index in [1.54, 1.807) is 12.1 Å². The number of carbonyl (C=O) groups is 1. The van der Waals surface area contributed by atoms with Crippen LogP contribution in [0.15, 0.2) is 12.1 Å².